The highest BCUT2D eigenvalue weighted by molar-refractivity contribution is 5.92. The monoisotopic (exact) mass is 285 g/mol. The summed E-state index contributed by atoms with van der Waals surface area (Å²) >= 11 is 0. The van der Waals surface area contributed by atoms with Crippen molar-refractivity contribution in [3.63, 3.8) is 0 Å². The lowest BCUT2D eigenvalue weighted by Crippen LogP contribution is -2.23. The molecule has 0 fully saturated rings. The van der Waals surface area contributed by atoms with E-state index in [1.807, 2.05) is 30.5 Å². The van der Waals surface area contributed by atoms with Crippen LogP contribution in [-0.2, 0) is 19.5 Å². The second-order valence-electron chi connectivity index (χ2n) is 5.23. The van der Waals surface area contributed by atoms with E-state index in [1.54, 1.807) is 7.11 Å². The number of aromatic nitrogens is 2. The molecule has 1 aromatic heterocycles. The molecule has 0 radical (unpaired) electrons. The average molecular weight is 285 g/mol. The van der Waals surface area contributed by atoms with E-state index in [4.69, 9.17) is 4.74 Å². The summed E-state index contributed by atoms with van der Waals surface area (Å²) < 4.78 is 7.26. The second-order valence-corrected chi connectivity index (χ2v) is 5.23. The number of benzene rings is 1. The molecule has 0 aliphatic carbocycles. The minimum Gasteiger partial charge on any atom is -0.497 e. The highest BCUT2D eigenvalue weighted by Crippen LogP contribution is 2.15. The highest BCUT2D eigenvalue weighted by atomic mass is 16.5. The Labute approximate surface area is 124 Å². The van der Waals surface area contributed by atoms with Gasteiger partial charge >= 0.3 is 0 Å². The van der Waals surface area contributed by atoms with Gasteiger partial charge in [-0.25, -0.2) is 4.98 Å². The van der Waals surface area contributed by atoms with Crippen molar-refractivity contribution in [1.82, 2.24) is 14.9 Å². The molecule has 1 N–H and O–H groups in total. The van der Waals surface area contributed by atoms with Gasteiger partial charge in [-0.2, -0.15) is 0 Å². The third kappa shape index (κ3) is 3.07. The Kier molecular flexibility index (Phi) is 3.90. The smallest absolute Gasteiger partial charge is 0.271 e. The zero-order valence-corrected chi connectivity index (χ0v) is 12.1. The number of carbonyl (C=O) groups is 1. The molecule has 0 unspecified atom stereocenters. The first-order valence-electron chi connectivity index (χ1n) is 7.23. The molecule has 2 aromatic rings. The maximum Gasteiger partial charge on any atom is 0.271 e. The van der Waals surface area contributed by atoms with Crippen LogP contribution in [0.2, 0.25) is 0 Å². The van der Waals surface area contributed by atoms with Crippen LogP contribution in [0.4, 0.5) is 0 Å². The zero-order valence-electron chi connectivity index (χ0n) is 12.1. The Hall–Kier alpha value is -2.30. The summed E-state index contributed by atoms with van der Waals surface area (Å²) in [4.78, 5) is 16.6. The number of carbonyl (C=O) groups excluding carboxylic acids is 1. The SMILES string of the molecule is COc1cccc(CNC(=O)c2cn3c(n2)CCCC3)c1. The van der Waals surface area contributed by atoms with Crippen molar-refractivity contribution in [2.75, 3.05) is 7.11 Å². The van der Waals surface area contributed by atoms with Gasteiger partial charge in [-0.15, -0.1) is 0 Å². The molecule has 1 amide bonds. The van der Waals surface area contributed by atoms with Crippen LogP contribution >= 0.6 is 0 Å². The molecule has 1 aliphatic rings. The van der Waals surface area contributed by atoms with Crippen molar-refractivity contribution < 1.29 is 9.53 Å². The molecule has 0 spiro atoms. The second kappa shape index (κ2) is 5.99. The summed E-state index contributed by atoms with van der Waals surface area (Å²) in [5.74, 6) is 1.69. The zero-order chi connectivity index (χ0) is 14.7. The number of rotatable bonds is 4. The molecule has 21 heavy (non-hydrogen) atoms. The van der Waals surface area contributed by atoms with Crippen molar-refractivity contribution in [2.45, 2.75) is 32.4 Å². The topological polar surface area (TPSA) is 56.1 Å². The number of imidazole rings is 1. The first-order chi connectivity index (χ1) is 10.3. The maximum absolute atomic E-state index is 12.2. The number of amides is 1. The average Bonchev–Trinajstić information content (AvgIpc) is 2.97. The van der Waals surface area contributed by atoms with Crippen molar-refractivity contribution >= 4 is 5.91 Å². The van der Waals surface area contributed by atoms with Gasteiger partial charge < -0.3 is 14.6 Å². The van der Waals surface area contributed by atoms with Crippen LogP contribution in [0.15, 0.2) is 30.5 Å². The van der Waals surface area contributed by atoms with Gasteiger partial charge in [0.1, 0.15) is 17.3 Å². The van der Waals surface area contributed by atoms with Crippen LogP contribution in [0.25, 0.3) is 0 Å². The minimum absolute atomic E-state index is 0.125. The van der Waals surface area contributed by atoms with E-state index in [-0.39, 0.29) is 5.91 Å². The molecule has 0 saturated carbocycles. The van der Waals surface area contributed by atoms with Crippen LogP contribution in [0.1, 0.15) is 34.7 Å². The largest absolute Gasteiger partial charge is 0.497 e. The first-order valence-corrected chi connectivity index (χ1v) is 7.23. The summed E-state index contributed by atoms with van der Waals surface area (Å²) in [7, 11) is 1.63. The van der Waals surface area contributed by atoms with Crippen LogP contribution < -0.4 is 10.1 Å². The summed E-state index contributed by atoms with van der Waals surface area (Å²) in [6.07, 6.45) is 5.13. The number of ether oxygens (including phenoxy) is 1. The Morgan fingerprint density at radius 1 is 1.43 bits per heavy atom. The van der Waals surface area contributed by atoms with Crippen molar-refractivity contribution in [2.24, 2.45) is 0 Å². The number of fused-ring (bicyclic) bond motifs is 1. The number of hydrogen-bond donors (Lipinski definition) is 1. The predicted molar refractivity (Wildman–Crippen MR) is 79.3 cm³/mol. The Balaban J connectivity index is 1.64. The Morgan fingerprint density at radius 2 is 2.33 bits per heavy atom. The van der Waals surface area contributed by atoms with Gasteiger partial charge in [-0.3, -0.25) is 4.79 Å². The van der Waals surface area contributed by atoms with Crippen molar-refractivity contribution in [3.05, 3.63) is 47.5 Å². The van der Waals surface area contributed by atoms with E-state index >= 15 is 0 Å². The first kappa shape index (κ1) is 13.7. The standard InChI is InChI=1S/C16H19N3O2/c1-21-13-6-4-5-12(9-13)10-17-16(20)14-11-19-8-3-2-7-15(19)18-14/h4-6,9,11H,2-3,7-8,10H2,1H3,(H,17,20). The van der Waals surface area contributed by atoms with E-state index < -0.39 is 0 Å². The fourth-order valence-corrected chi connectivity index (χ4v) is 2.58. The van der Waals surface area contributed by atoms with Gasteiger partial charge in [-0.05, 0) is 30.5 Å². The number of methoxy groups -OCH3 is 1. The molecular weight excluding hydrogens is 266 g/mol. The molecule has 1 aliphatic heterocycles. The van der Waals surface area contributed by atoms with Crippen molar-refractivity contribution in [1.29, 1.82) is 0 Å². The Morgan fingerprint density at radius 3 is 3.14 bits per heavy atom. The van der Waals surface area contributed by atoms with Gasteiger partial charge in [0.05, 0.1) is 7.11 Å². The molecule has 1 aromatic carbocycles. The molecule has 5 heteroatoms. The third-order valence-electron chi connectivity index (χ3n) is 3.73. The van der Waals surface area contributed by atoms with E-state index in [1.165, 1.54) is 0 Å². The lowest BCUT2D eigenvalue weighted by Gasteiger charge is -2.11. The van der Waals surface area contributed by atoms with E-state index in [0.29, 0.717) is 12.2 Å². The molecule has 0 saturated heterocycles. The number of hydrogen-bond acceptors (Lipinski definition) is 3. The van der Waals surface area contributed by atoms with Gasteiger partial charge in [0.15, 0.2) is 0 Å². The fraction of sp³-hybridized carbons (Fsp3) is 0.375. The molecule has 0 bridgehead atoms. The van der Waals surface area contributed by atoms with Crippen LogP contribution in [0.5, 0.6) is 5.75 Å². The molecule has 110 valence electrons. The van der Waals surface area contributed by atoms with E-state index in [0.717, 1.165) is 42.9 Å². The predicted octanol–water partition coefficient (Wildman–Crippen LogP) is 2.16. The van der Waals surface area contributed by atoms with Crippen LogP contribution in [-0.4, -0.2) is 22.6 Å². The maximum atomic E-state index is 12.2. The fourth-order valence-electron chi connectivity index (χ4n) is 2.58. The van der Waals surface area contributed by atoms with Gasteiger partial charge in [0, 0.05) is 25.7 Å². The summed E-state index contributed by atoms with van der Waals surface area (Å²) in [5, 5.41) is 2.91. The molecule has 5 nitrogen and oxygen atoms in total. The quantitative estimate of drug-likeness (QED) is 0.936. The Bertz CT molecular complexity index is 625. The summed E-state index contributed by atoms with van der Waals surface area (Å²) in [6.45, 7) is 1.43. The number of nitrogens with zero attached hydrogens (tertiary/aromatic N) is 2. The van der Waals surface area contributed by atoms with Gasteiger partial charge in [0.25, 0.3) is 5.91 Å². The molecule has 2 heterocycles. The highest BCUT2D eigenvalue weighted by Gasteiger charge is 2.16. The van der Waals surface area contributed by atoms with Gasteiger partial charge in [0.2, 0.25) is 0 Å². The van der Waals surface area contributed by atoms with Gasteiger partial charge in [-0.1, -0.05) is 12.1 Å². The van der Waals surface area contributed by atoms with Crippen LogP contribution in [0.3, 0.4) is 0 Å². The number of aryl methyl sites for hydroxylation is 2. The third-order valence-corrected chi connectivity index (χ3v) is 3.73. The summed E-state index contributed by atoms with van der Waals surface area (Å²) in [6, 6.07) is 7.67. The van der Waals surface area contributed by atoms with E-state index in [2.05, 4.69) is 14.9 Å². The lowest BCUT2D eigenvalue weighted by molar-refractivity contribution is 0.0946. The number of nitrogens with one attached hydrogen (secondary N) is 1. The van der Waals surface area contributed by atoms with Crippen molar-refractivity contribution in [3.8, 4) is 5.75 Å². The molecular formula is C16H19N3O2. The molecule has 0 atom stereocenters. The van der Waals surface area contributed by atoms with Crippen LogP contribution in [0, 0.1) is 0 Å². The normalized spacial score (nSPS) is 13.6. The summed E-state index contributed by atoms with van der Waals surface area (Å²) in [5.41, 5.74) is 1.52. The molecule has 3 rings (SSSR count). The lowest BCUT2D eigenvalue weighted by atomic mass is 10.2. The van der Waals surface area contributed by atoms with E-state index in [9.17, 15) is 4.79 Å². The minimum atomic E-state index is -0.125.